The Balaban J connectivity index is 2.56. The Morgan fingerprint density at radius 2 is 2.31 bits per heavy atom. The SMILES string of the molecule is CN=C/C=C(\C)n1nnc2ccc(F)cc21. The van der Waals surface area contributed by atoms with Gasteiger partial charge in [0.05, 0.1) is 5.52 Å². The normalized spacial score (nSPS) is 12.8. The van der Waals surface area contributed by atoms with Crippen molar-refractivity contribution < 1.29 is 4.39 Å². The van der Waals surface area contributed by atoms with Crippen LogP contribution in [0.3, 0.4) is 0 Å². The Hall–Kier alpha value is -2.04. The summed E-state index contributed by atoms with van der Waals surface area (Å²) in [6, 6.07) is 4.39. The van der Waals surface area contributed by atoms with Gasteiger partial charge in [-0.15, -0.1) is 5.10 Å². The van der Waals surface area contributed by atoms with Crippen LogP contribution in [0.1, 0.15) is 6.92 Å². The number of nitrogens with zero attached hydrogens (tertiary/aromatic N) is 4. The number of halogens is 1. The van der Waals surface area contributed by atoms with Crippen LogP contribution in [-0.2, 0) is 0 Å². The molecule has 0 radical (unpaired) electrons. The summed E-state index contributed by atoms with van der Waals surface area (Å²) >= 11 is 0. The highest BCUT2D eigenvalue weighted by atomic mass is 19.1. The zero-order valence-corrected chi connectivity index (χ0v) is 9.05. The molecule has 0 atom stereocenters. The van der Waals surface area contributed by atoms with Crippen LogP contribution in [0.4, 0.5) is 4.39 Å². The topological polar surface area (TPSA) is 43.1 Å². The Morgan fingerprint density at radius 3 is 3.06 bits per heavy atom. The second-order valence-corrected chi connectivity index (χ2v) is 3.35. The van der Waals surface area contributed by atoms with Crippen LogP contribution in [-0.4, -0.2) is 28.3 Å². The fourth-order valence-electron chi connectivity index (χ4n) is 1.41. The zero-order valence-electron chi connectivity index (χ0n) is 9.05. The molecule has 4 nitrogen and oxygen atoms in total. The summed E-state index contributed by atoms with van der Waals surface area (Å²) in [5.41, 5.74) is 2.15. The van der Waals surface area contributed by atoms with Gasteiger partial charge in [0.2, 0.25) is 0 Å². The number of allylic oxidation sites excluding steroid dienone is 2. The predicted molar refractivity (Wildman–Crippen MR) is 61.8 cm³/mol. The van der Waals surface area contributed by atoms with Crippen molar-refractivity contribution in [2.24, 2.45) is 4.99 Å². The minimum atomic E-state index is -0.298. The highest BCUT2D eigenvalue weighted by Crippen LogP contribution is 2.15. The molecule has 1 aromatic carbocycles. The van der Waals surface area contributed by atoms with Gasteiger partial charge < -0.3 is 0 Å². The average molecular weight is 218 g/mol. The van der Waals surface area contributed by atoms with E-state index in [0.29, 0.717) is 11.0 Å². The number of hydrogen-bond donors (Lipinski definition) is 0. The molecule has 0 aliphatic heterocycles. The minimum Gasteiger partial charge on any atom is -0.296 e. The molecule has 0 bridgehead atoms. The molecule has 0 unspecified atom stereocenters. The van der Waals surface area contributed by atoms with Crippen LogP contribution >= 0.6 is 0 Å². The summed E-state index contributed by atoms with van der Waals surface area (Å²) in [5.74, 6) is -0.298. The summed E-state index contributed by atoms with van der Waals surface area (Å²) in [5, 5.41) is 7.91. The van der Waals surface area contributed by atoms with Gasteiger partial charge in [0.1, 0.15) is 11.3 Å². The fourth-order valence-corrected chi connectivity index (χ4v) is 1.41. The average Bonchev–Trinajstić information content (AvgIpc) is 2.68. The second-order valence-electron chi connectivity index (χ2n) is 3.35. The number of fused-ring (bicyclic) bond motifs is 1. The van der Waals surface area contributed by atoms with Crippen molar-refractivity contribution in [1.29, 1.82) is 0 Å². The van der Waals surface area contributed by atoms with Gasteiger partial charge in [0.15, 0.2) is 0 Å². The lowest BCUT2D eigenvalue weighted by Gasteiger charge is -2.00. The van der Waals surface area contributed by atoms with Crippen LogP contribution in [0.5, 0.6) is 0 Å². The molecule has 5 heteroatoms. The summed E-state index contributed by atoms with van der Waals surface area (Å²) in [6.07, 6.45) is 3.45. The Morgan fingerprint density at radius 1 is 1.50 bits per heavy atom. The molecular formula is C11H11FN4. The molecule has 82 valence electrons. The molecule has 0 spiro atoms. The predicted octanol–water partition coefficient (Wildman–Crippen LogP) is 2.13. The second kappa shape index (κ2) is 4.22. The third kappa shape index (κ3) is 1.84. The van der Waals surface area contributed by atoms with Crippen molar-refractivity contribution in [1.82, 2.24) is 15.0 Å². The smallest absolute Gasteiger partial charge is 0.125 e. The molecule has 2 aromatic rings. The summed E-state index contributed by atoms with van der Waals surface area (Å²) < 4.78 is 14.7. The van der Waals surface area contributed by atoms with E-state index in [-0.39, 0.29) is 5.82 Å². The maximum atomic E-state index is 13.1. The van der Waals surface area contributed by atoms with Crippen molar-refractivity contribution in [3.8, 4) is 0 Å². The van der Waals surface area contributed by atoms with E-state index in [4.69, 9.17) is 0 Å². The van der Waals surface area contributed by atoms with Crippen LogP contribution in [0.2, 0.25) is 0 Å². The van der Waals surface area contributed by atoms with E-state index in [1.807, 2.05) is 6.92 Å². The number of rotatable bonds is 2. The molecular weight excluding hydrogens is 207 g/mol. The highest BCUT2D eigenvalue weighted by Gasteiger charge is 2.06. The van der Waals surface area contributed by atoms with E-state index in [0.717, 1.165) is 5.70 Å². The first-order valence-corrected chi connectivity index (χ1v) is 4.83. The third-order valence-electron chi connectivity index (χ3n) is 2.21. The standard InChI is InChI=1S/C11H11FN4/c1-8(5-6-13-2)16-11-7-9(12)3-4-10(11)14-15-16/h3-7H,1-2H3/b8-5+,13-6?. The van der Waals surface area contributed by atoms with Gasteiger partial charge in [-0.3, -0.25) is 4.99 Å². The lowest BCUT2D eigenvalue weighted by molar-refractivity contribution is 0.629. The maximum absolute atomic E-state index is 13.1. The lowest BCUT2D eigenvalue weighted by atomic mass is 10.3. The number of aromatic nitrogens is 3. The van der Waals surface area contributed by atoms with Crippen molar-refractivity contribution >= 4 is 22.9 Å². The van der Waals surface area contributed by atoms with Crippen molar-refractivity contribution in [3.63, 3.8) is 0 Å². The number of benzene rings is 1. The van der Waals surface area contributed by atoms with E-state index >= 15 is 0 Å². The molecule has 0 fully saturated rings. The Labute approximate surface area is 92.1 Å². The molecule has 2 rings (SSSR count). The van der Waals surface area contributed by atoms with Gasteiger partial charge in [0, 0.05) is 25.0 Å². The first kappa shape index (κ1) is 10.5. The van der Waals surface area contributed by atoms with E-state index < -0.39 is 0 Å². The van der Waals surface area contributed by atoms with Crippen LogP contribution < -0.4 is 0 Å². The van der Waals surface area contributed by atoms with Crippen LogP contribution in [0, 0.1) is 5.82 Å². The van der Waals surface area contributed by atoms with Gasteiger partial charge in [-0.25, -0.2) is 9.07 Å². The highest BCUT2D eigenvalue weighted by molar-refractivity contribution is 5.83. The zero-order chi connectivity index (χ0) is 11.5. The molecule has 0 amide bonds. The molecule has 0 saturated heterocycles. The quantitative estimate of drug-likeness (QED) is 0.725. The molecule has 0 aliphatic rings. The van der Waals surface area contributed by atoms with Gasteiger partial charge in [0.25, 0.3) is 0 Å². The molecule has 16 heavy (non-hydrogen) atoms. The molecule has 0 N–H and O–H groups in total. The Bertz CT molecular complexity index is 568. The number of hydrogen-bond acceptors (Lipinski definition) is 3. The van der Waals surface area contributed by atoms with E-state index in [1.54, 1.807) is 30.1 Å². The monoisotopic (exact) mass is 218 g/mol. The van der Waals surface area contributed by atoms with E-state index in [1.165, 1.54) is 12.1 Å². The molecule has 0 aliphatic carbocycles. The first-order chi connectivity index (χ1) is 7.72. The molecule has 0 saturated carbocycles. The van der Waals surface area contributed by atoms with Gasteiger partial charge >= 0.3 is 0 Å². The van der Waals surface area contributed by atoms with Crippen molar-refractivity contribution in [3.05, 3.63) is 30.1 Å². The largest absolute Gasteiger partial charge is 0.296 e. The summed E-state index contributed by atoms with van der Waals surface area (Å²) in [7, 11) is 1.68. The molecule has 1 aromatic heterocycles. The van der Waals surface area contributed by atoms with E-state index in [9.17, 15) is 4.39 Å². The van der Waals surface area contributed by atoms with Crippen molar-refractivity contribution in [2.45, 2.75) is 6.92 Å². The van der Waals surface area contributed by atoms with Gasteiger partial charge in [-0.2, -0.15) is 0 Å². The molecule has 1 heterocycles. The third-order valence-corrected chi connectivity index (χ3v) is 2.21. The van der Waals surface area contributed by atoms with Gasteiger partial charge in [-0.1, -0.05) is 5.21 Å². The minimum absolute atomic E-state index is 0.298. The van der Waals surface area contributed by atoms with Crippen molar-refractivity contribution in [2.75, 3.05) is 7.05 Å². The summed E-state index contributed by atoms with van der Waals surface area (Å²) in [4.78, 5) is 3.85. The number of aliphatic imine (C=N–C) groups is 1. The van der Waals surface area contributed by atoms with Crippen LogP contribution in [0.15, 0.2) is 29.3 Å². The first-order valence-electron chi connectivity index (χ1n) is 4.83. The summed E-state index contributed by atoms with van der Waals surface area (Å²) in [6.45, 7) is 1.86. The maximum Gasteiger partial charge on any atom is 0.125 e. The fraction of sp³-hybridized carbons (Fsp3) is 0.182. The Kier molecular flexibility index (Phi) is 2.76. The van der Waals surface area contributed by atoms with E-state index in [2.05, 4.69) is 15.3 Å². The van der Waals surface area contributed by atoms with Gasteiger partial charge in [-0.05, 0) is 25.1 Å². The van der Waals surface area contributed by atoms with Crippen LogP contribution in [0.25, 0.3) is 16.7 Å². The lowest BCUT2D eigenvalue weighted by Crippen LogP contribution is -1.96.